The minimum atomic E-state index is -3.75. The number of nitrogens with zero attached hydrogens (tertiary/aromatic N) is 1. The van der Waals surface area contributed by atoms with Crippen LogP contribution in [-0.2, 0) is 19.5 Å². The fourth-order valence-corrected chi connectivity index (χ4v) is 3.33. The van der Waals surface area contributed by atoms with Gasteiger partial charge < -0.3 is 9.47 Å². The Morgan fingerprint density at radius 3 is 2.96 bits per heavy atom. The Kier molecular flexibility index (Phi) is 6.46. The number of nitro groups is 1. The van der Waals surface area contributed by atoms with Crippen molar-refractivity contribution in [2.45, 2.75) is 30.3 Å². The molecule has 0 spiro atoms. The predicted octanol–water partition coefficient (Wildman–Crippen LogP) is 1.46. The standard InChI is InChI=1S/C14H20N2O6S/c17-16(18)12-4-1-6-14(10-12)23(19,20)15-7-3-8-21-11-13-5-2-9-22-13/h1,4,6,10,13,15H,2-3,5,7-9,11H2/t13-/m1/s1. The van der Waals surface area contributed by atoms with Crippen molar-refractivity contribution in [1.82, 2.24) is 4.72 Å². The fraction of sp³-hybridized carbons (Fsp3) is 0.571. The first kappa shape index (κ1) is 17.8. The highest BCUT2D eigenvalue weighted by molar-refractivity contribution is 7.89. The SMILES string of the molecule is O=[N+]([O-])c1cccc(S(=O)(=O)NCCCOC[C@H]2CCCO2)c1. The van der Waals surface area contributed by atoms with Crippen molar-refractivity contribution in [3.63, 3.8) is 0 Å². The molecule has 1 aliphatic rings. The van der Waals surface area contributed by atoms with Crippen molar-refractivity contribution in [2.75, 3.05) is 26.4 Å². The third kappa shape index (κ3) is 5.54. The van der Waals surface area contributed by atoms with Gasteiger partial charge in [0.2, 0.25) is 10.0 Å². The van der Waals surface area contributed by atoms with Crippen LogP contribution in [0.25, 0.3) is 0 Å². The molecule has 1 N–H and O–H groups in total. The molecule has 0 saturated carbocycles. The first-order valence-electron chi connectivity index (χ1n) is 7.42. The third-order valence-electron chi connectivity index (χ3n) is 3.42. The molecule has 1 aromatic rings. The molecule has 128 valence electrons. The van der Waals surface area contributed by atoms with Crippen molar-refractivity contribution < 1.29 is 22.8 Å². The minimum Gasteiger partial charge on any atom is -0.379 e. The molecule has 0 aromatic heterocycles. The van der Waals surface area contributed by atoms with Crippen LogP contribution in [0, 0.1) is 10.1 Å². The molecule has 2 rings (SSSR count). The fourth-order valence-electron chi connectivity index (χ4n) is 2.22. The summed E-state index contributed by atoms with van der Waals surface area (Å²) in [5.74, 6) is 0. The maximum atomic E-state index is 12.1. The van der Waals surface area contributed by atoms with Crippen LogP contribution in [0.3, 0.4) is 0 Å². The van der Waals surface area contributed by atoms with Crippen LogP contribution < -0.4 is 4.72 Å². The maximum absolute atomic E-state index is 12.1. The number of benzene rings is 1. The van der Waals surface area contributed by atoms with Crippen LogP contribution in [0.15, 0.2) is 29.2 Å². The van der Waals surface area contributed by atoms with Gasteiger partial charge in [-0.05, 0) is 25.3 Å². The van der Waals surface area contributed by atoms with Crippen LogP contribution in [0.1, 0.15) is 19.3 Å². The van der Waals surface area contributed by atoms with E-state index in [2.05, 4.69) is 4.72 Å². The molecule has 1 aliphatic heterocycles. The molecule has 8 nitrogen and oxygen atoms in total. The Hall–Kier alpha value is -1.55. The van der Waals surface area contributed by atoms with Crippen LogP contribution in [0.2, 0.25) is 0 Å². The van der Waals surface area contributed by atoms with Crippen LogP contribution in [0.4, 0.5) is 5.69 Å². The normalized spacial score (nSPS) is 18.2. The first-order valence-corrected chi connectivity index (χ1v) is 8.91. The minimum absolute atomic E-state index is 0.119. The topological polar surface area (TPSA) is 108 Å². The number of non-ortho nitro benzene ring substituents is 1. The number of rotatable bonds is 9. The van der Waals surface area contributed by atoms with Gasteiger partial charge in [-0.2, -0.15) is 0 Å². The quantitative estimate of drug-likeness (QED) is 0.413. The molecular formula is C14H20N2O6S. The van der Waals surface area contributed by atoms with Gasteiger partial charge in [-0.25, -0.2) is 13.1 Å². The predicted molar refractivity (Wildman–Crippen MR) is 82.7 cm³/mol. The molecular weight excluding hydrogens is 324 g/mol. The summed E-state index contributed by atoms with van der Waals surface area (Å²) >= 11 is 0. The molecule has 1 heterocycles. The lowest BCUT2D eigenvalue weighted by molar-refractivity contribution is -0.385. The zero-order valence-electron chi connectivity index (χ0n) is 12.6. The van der Waals surface area contributed by atoms with Gasteiger partial charge in [0.05, 0.1) is 22.5 Å². The summed E-state index contributed by atoms with van der Waals surface area (Å²) in [6.45, 7) is 1.93. The monoisotopic (exact) mass is 344 g/mol. The molecule has 1 fully saturated rings. The van der Waals surface area contributed by atoms with Crippen molar-refractivity contribution in [1.29, 1.82) is 0 Å². The van der Waals surface area contributed by atoms with E-state index in [1.807, 2.05) is 0 Å². The molecule has 1 atom stereocenters. The van der Waals surface area contributed by atoms with E-state index in [1.54, 1.807) is 0 Å². The molecule has 0 radical (unpaired) electrons. The van der Waals surface area contributed by atoms with E-state index in [0.717, 1.165) is 25.5 Å². The highest BCUT2D eigenvalue weighted by Gasteiger charge is 2.17. The van der Waals surface area contributed by atoms with Gasteiger partial charge in [-0.15, -0.1) is 0 Å². The van der Waals surface area contributed by atoms with Crippen molar-refractivity contribution in [3.05, 3.63) is 34.4 Å². The molecule has 1 aromatic carbocycles. The van der Waals surface area contributed by atoms with Gasteiger partial charge in [-0.1, -0.05) is 6.07 Å². The lowest BCUT2D eigenvalue weighted by Gasteiger charge is -2.10. The van der Waals surface area contributed by atoms with Gasteiger partial charge in [0, 0.05) is 31.9 Å². The van der Waals surface area contributed by atoms with Gasteiger partial charge in [0.15, 0.2) is 0 Å². The summed E-state index contributed by atoms with van der Waals surface area (Å²) in [4.78, 5) is 9.94. The van der Waals surface area contributed by atoms with Gasteiger partial charge in [0.1, 0.15) is 0 Å². The van der Waals surface area contributed by atoms with E-state index >= 15 is 0 Å². The van der Waals surface area contributed by atoms with Crippen LogP contribution in [-0.4, -0.2) is 45.8 Å². The molecule has 0 unspecified atom stereocenters. The number of sulfonamides is 1. The summed E-state index contributed by atoms with van der Waals surface area (Å²) in [5, 5.41) is 10.7. The van der Waals surface area contributed by atoms with E-state index in [9.17, 15) is 18.5 Å². The Bertz CT molecular complexity index is 628. The third-order valence-corrected chi connectivity index (χ3v) is 4.88. The largest absolute Gasteiger partial charge is 0.379 e. The van der Waals surface area contributed by atoms with Crippen molar-refractivity contribution >= 4 is 15.7 Å². The lowest BCUT2D eigenvalue weighted by atomic mass is 10.2. The van der Waals surface area contributed by atoms with Gasteiger partial charge in [0.25, 0.3) is 5.69 Å². The average Bonchev–Trinajstić information content (AvgIpc) is 3.04. The van der Waals surface area contributed by atoms with E-state index < -0.39 is 14.9 Å². The zero-order chi connectivity index (χ0) is 16.7. The number of nitrogens with one attached hydrogen (secondary N) is 1. The Morgan fingerprint density at radius 2 is 2.26 bits per heavy atom. The maximum Gasteiger partial charge on any atom is 0.270 e. The summed E-state index contributed by atoms with van der Waals surface area (Å²) in [5.41, 5.74) is -0.257. The second kappa shape index (κ2) is 8.34. The molecule has 0 aliphatic carbocycles. The van der Waals surface area contributed by atoms with E-state index in [0.29, 0.717) is 19.6 Å². The number of hydrogen-bond acceptors (Lipinski definition) is 6. The molecule has 1 saturated heterocycles. The zero-order valence-corrected chi connectivity index (χ0v) is 13.5. The number of nitro benzene ring substituents is 1. The van der Waals surface area contributed by atoms with Gasteiger partial charge >= 0.3 is 0 Å². The molecule has 23 heavy (non-hydrogen) atoms. The lowest BCUT2D eigenvalue weighted by Crippen LogP contribution is -2.26. The summed E-state index contributed by atoms with van der Waals surface area (Å²) in [6, 6.07) is 4.95. The van der Waals surface area contributed by atoms with Crippen LogP contribution >= 0.6 is 0 Å². The summed E-state index contributed by atoms with van der Waals surface area (Å²) in [7, 11) is -3.75. The molecule has 0 amide bonds. The van der Waals surface area contributed by atoms with Crippen molar-refractivity contribution in [3.8, 4) is 0 Å². The molecule has 9 heteroatoms. The number of ether oxygens (including phenoxy) is 2. The first-order chi connectivity index (χ1) is 11.0. The summed E-state index contributed by atoms with van der Waals surface area (Å²) < 4.78 is 37.4. The smallest absolute Gasteiger partial charge is 0.270 e. The highest BCUT2D eigenvalue weighted by Crippen LogP contribution is 2.17. The summed E-state index contributed by atoms with van der Waals surface area (Å²) in [6.07, 6.45) is 2.72. The van der Waals surface area contributed by atoms with Crippen LogP contribution in [0.5, 0.6) is 0 Å². The van der Waals surface area contributed by atoms with E-state index in [-0.39, 0.29) is 23.2 Å². The average molecular weight is 344 g/mol. The Balaban J connectivity index is 1.73. The van der Waals surface area contributed by atoms with Crippen molar-refractivity contribution in [2.24, 2.45) is 0 Å². The Labute approximate surface area is 135 Å². The second-order valence-electron chi connectivity index (χ2n) is 5.22. The highest BCUT2D eigenvalue weighted by atomic mass is 32.2. The van der Waals surface area contributed by atoms with Gasteiger partial charge in [-0.3, -0.25) is 10.1 Å². The molecule has 0 bridgehead atoms. The number of hydrogen-bond donors (Lipinski definition) is 1. The van der Waals surface area contributed by atoms with E-state index in [4.69, 9.17) is 9.47 Å². The van der Waals surface area contributed by atoms with E-state index in [1.165, 1.54) is 18.2 Å². The Morgan fingerprint density at radius 1 is 1.43 bits per heavy atom. The second-order valence-corrected chi connectivity index (χ2v) is 6.98.